The Bertz CT molecular complexity index is 1770. The van der Waals surface area contributed by atoms with Crippen molar-refractivity contribution in [3.63, 3.8) is 0 Å². The normalized spacial score (nSPS) is 29.0. The van der Waals surface area contributed by atoms with Gasteiger partial charge < -0.3 is 43.9 Å². The number of hydrogen-bond donors (Lipinski definition) is 3. The zero-order chi connectivity index (χ0) is 49.3. The first-order chi connectivity index (χ1) is 31.2. The van der Waals surface area contributed by atoms with Gasteiger partial charge in [0.2, 0.25) is 5.79 Å². The number of hydrogen-bond acceptors (Lipinski definition) is 13. The number of aliphatic hydroxyl groups is 3. The van der Waals surface area contributed by atoms with Gasteiger partial charge in [-0.05, 0) is 113 Å². The molecule has 14 atom stereocenters. The minimum atomic E-state index is -2.34. The zero-order valence-electron chi connectivity index (χ0n) is 41.5. The summed E-state index contributed by atoms with van der Waals surface area (Å²) in [7, 11) is 5.84. The molecule has 3 N–H and O–H groups in total. The highest BCUT2D eigenvalue weighted by Gasteiger charge is 2.53. The van der Waals surface area contributed by atoms with Crippen LogP contribution in [0.5, 0.6) is 0 Å². The maximum absolute atomic E-state index is 13.6. The molecule has 66 heavy (non-hydrogen) atoms. The van der Waals surface area contributed by atoms with E-state index in [1.165, 1.54) is 19.1 Å². The third-order valence-electron chi connectivity index (χ3n) is 13.9. The summed E-state index contributed by atoms with van der Waals surface area (Å²) in [5, 5.41) is 32.9. The van der Waals surface area contributed by atoms with E-state index in [9.17, 15) is 39.3 Å². The third kappa shape index (κ3) is 16.0. The number of amides is 1. The topological polar surface area (TPSA) is 195 Å². The minimum Gasteiger partial charge on any atom is -0.467 e. The fraction of sp³-hybridized carbons (Fsp3) is 0.712. The molecule has 0 aromatic carbocycles. The molecule has 372 valence electrons. The van der Waals surface area contributed by atoms with E-state index < -0.39 is 77.8 Å². The molecular weight excluding hydrogens is 847 g/mol. The lowest BCUT2D eigenvalue weighted by Gasteiger charge is -2.42. The lowest BCUT2D eigenvalue weighted by atomic mass is 9.80. The van der Waals surface area contributed by atoms with Crippen molar-refractivity contribution in [1.29, 1.82) is 0 Å². The van der Waals surface area contributed by atoms with Gasteiger partial charge in [-0.2, -0.15) is 0 Å². The predicted molar refractivity (Wildman–Crippen MR) is 252 cm³/mol. The van der Waals surface area contributed by atoms with E-state index in [0.29, 0.717) is 62.9 Å². The predicted octanol–water partition coefficient (Wildman–Crippen LogP) is 6.59. The van der Waals surface area contributed by atoms with Crippen molar-refractivity contribution in [2.24, 2.45) is 35.5 Å². The molecule has 1 amide bonds. The Balaban J connectivity index is 1.51. The fourth-order valence-electron chi connectivity index (χ4n) is 9.61. The molecule has 14 heteroatoms. The summed E-state index contributed by atoms with van der Waals surface area (Å²) in [5.41, 5.74) is 1.37. The molecule has 2 saturated heterocycles. The van der Waals surface area contributed by atoms with Crippen LogP contribution < -0.4 is 0 Å². The standard InChI is InChI=1S/C52H81NO13/c1-32(27-36(5)46(56)48(64-10)47(57)37(6)29-35(4)42(54)24-20-33(2)28-39-22-25-43(55)45(30-39)63-9)17-13-12-14-18-34(3)44(62-8)31-40-23-21-38(7)52(61,66-40)49(58)50(59)53-26-16-15-19-41(53)51(60)65-11/h12-14,17-18,20,24,29,32-33,35-36,38-41,43-45,47-48,55,57,61H,15-16,19,21-23,25-28,30-31H2,1-11H3/b14-12+,17-13-,24-20+,34-18+,37-29+/t32-,33+,35-,36-,38-,39+,40+,41+,43-,44+,45-,47-,48+,52-/m1/s1. The molecule has 0 radical (unpaired) electrons. The van der Waals surface area contributed by atoms with Gasteiger partial charge in [-0.3, -0.25) is 19.2 Å². The average molecular weight is 928 g/mol. The molecule has 1 aliphatic carbocycles. The van der Waals surface area contributed by atoms with Gasteiger partial charge in [-0.25, -0.2) is 4.79 Å². The highest BCUT2D eigenvalue weighted by atomic mass is 16.6. The number of Topliss-reactive ketones (excluding diaryl/α,β-unsaturated/α-hetero) is 2. The van der Waals surface area contributed by atoms with Crippen molar-refractivity contribution < 1.29 is 63.0 Å². The van der Waals surface area contributed by atoms with Crippen LogP contribution in [0.15, 0.2) is 59.8 Å². The zero-order valence-corrected chi connectivity index (χ0v) is 41.5. The van der Waals surface area contributed by atoms with Crippen molar-refractivity contribution >= 4 is 29.2 Å². The number of ether oxygens (including phenoxy) is 5. The van der Waals surface area contributed by atoms with E-state index in [1.807, 2.05) is 57.2 Å². The molecular formula is C52H81NO13. The number of piperidine rings is 1. The summed E-state index contributed by atoms with van der Waals surface area (Å²) in [6, 6.07) is -0.881. The largest absolute Gasteiger partial charge is 0.467 e. The quantitative estimate of drug-likeness (QED) is 0.0309. The van der Waals surface area contributed by atoms with Gasteiger partial charge in [0.25, 0.3) is 11.7 Å². The number of likely N-dealkylation sites (tertiary alicyclic amines) is 1. The van der Waals surface area contributed by atoms with Crippen LogP contribution in [0.4, 0.5) is 0 Å². The number of aliphatic hydroxyl groups excluding tert-OH is 2. The van der Waals surface area contributed by atoms with Crippen molar-refractivity contribution in [3.8, 4) is 0 Å². The van der Waals surface area contributed by atoms with Crippen LogP contribution in [-0.4, -0.2) is 133 Å². The molecule has 3 fully saturated rings. The minimum absolute atomic E-state index is 0.0232. The Morgan fingerprint density at radius 2 is 1.56 bits per heavy atom. The molecule has 3 rings (SSSR count). The number of methoxy groups -OCH3 is 4. The van der Waals surface area contributed by atoms with Gasteiger partial charge in [-0.15, -0.1) is 0 Å². The first kappa shape index (κ1) is 56.7. The molecule has 2 heterocycles. The number of rotatable bonds is 24. The first-order valence-electron chi connectivity index (χ1n) is 24.0. The monoisotopic (exact) mass is 928 g/mol. The summed E-state index contributed by atoms with van der Waals surface area (Å²) in [6.45, 7) is 13.2. The molecule has 3 aliphatic rings. The van der Waals surface area contributed by atoms with Gasteiger partial charge in [0.15, 0.2) is 11.6 Å². The van der Waals surface area contributed by atoms with E-state index in [1.54, 1.807) is 47.1 Å². The molecule has 0 aromatic rings. The van der Waals surface area contributed by atoms with Crippen LogP contribution >= 0.6 is 0 Å². The van der Waals surface area contributed by atoms with Crippen molar-refractivity contribution in [2.75, 3.05) is 35.0 Å². The Labute approximate surface area is 393 Å². The second kappa shape index (κ2) is 27.4. The van der Waals surface area contributed by atoms with Crippen LogP contribution in [0.1, 0.15) is 119 Å². The van der Waals surface area contributed by atoms with E-state index in [-0.39, 0.29) is 36.1 Å². The van der Waals surface area contributed by atoms with E-state index in [2.05, 4.69) is 6.92 Å². The smallest absolute Gasteiger partial charge is 0.328 e. The van der Waals surface area contributed by atoms with Gasteiger partial charge in [0, 0.05) is 52.0 Å². The number of carbonyl (C=O) groups excluding carboxylic acids is 5. The van der Waals surface area contributed by atoms with Crippen LogP contribution in [0, 0.1) is 35.5 Å². The lowest BCUT2D eigenvalue weighted by Crippen LogP contribution is -2.60. The molecule has 2 aliphatic heterocycles. The van der Waals surface area contributed by atoms with E-state index >= 15 is 0 Å². The third-order valence-corrected chi connectivity index (χ3v) is 13.9. The van der Waals surface area contributed by atoms with Gasteiger partial charge in [-0.1, -0.05) is 77.2 Å². The van der Waals surface area contributed by atoms with Crippen molar-refractivity contribution in [2.45, 2.75) is 168 Å². The second-order valence-corrected chi connectivity index (χ2v) is 19.2. The number of carbonyl (C=O) groups is 5. The van der Waals surface area contributed by atoms with Crippen LogP contribution in [0.2, 0.25) is 0 Å². The number of allylic oxidation sites excluding steroid dienone is 8. The van der Waals surface area contributed by atoms with Crippen LogP contribution in [0.3, 0.4) is 0 Å². The Kier molecular flexibility index (Phi) is 23.5. The molecule has 0 bridgehead atoms. The Morgan fingerprint density at radius 1 is 0.848 bits per heavy atom. The SMILES string of the molecule is COC(=O)[C@@H]1CCCCN1C(=O)C(=O)[C@]1(O)O[C@H](C[C@H](OC)/C(C)=C/C=C/C=C\[C@@H](C)C[C@@H](C)C(=O)[C@H](OC)[C@H](O)/C(C)=C/[C@@H](C)C(=O)/C=C/[C@H](C)C[C@@H]2CC[C@@H](O)[C@H](OC)C2)CC[C@H]1C. The summed E-state index contributed by atoms with van der Waals surface area (Å²) in [6.07, 6.45) is 17.8. The summed E-state index contributed by atoms with van der Waals surface area (Å²) in [5.74, 6) is -6.23. The van der Waals surface area contributed by atoms with Crippen LogP contribution in [-0.2, 0) is 47.7 Å². The fourth-order valence-corrected chi connectivity index (χ4v) is 9.61. The highest BCUT2D eigenvalue weighted by molar-refractivity contribution is 6.39. The van der Waals surface area contributed by atoms with Crippen molar-refractivity contribution in [1.82, 2.24) is 4.90 Å². The van der Waals surface area contributed by atoms with E-state index in [4.69, 9.17) is 23.7 Å². The maximum atomic E-state index is 13.6. The molecule has 0 spiro atoms. The average Bonchev–Trinajstić information content (AvgIpc) is 3.30. The maximum Gasteiger partial charge on any atom is 0.328 e. The number of ketones is 3. The van der Waals surface area contributed by atoms with Crippen molar-refractivity contribution in [3.05, 3.63) is 59.8 Å². The van der Waals surface area contributed by atoms with Gasteiger partial charge in [0.1, 0.15) is 18.2 Å². The Hall–Kier alpha value is -3.63. The van der Waals surface area contributed by atoms with Gasteiger partial charge >= 0.3 is 5.97 Å². The lowest BCUT2D eigenvalue weighted by molar-refractivity contribution is -0.265. The van der Waals surface area contributed by atoms with E-state index in [0.717, 1.165) is 24.8 Å². The Morgan fingerprint density at radius 3 is 2.21 bits per heavy atom. The first-order valence-corrected chi connectivity index (χ1v) is 24.0. The highest BCUT2D eigenvalue weighted by Crippen LogP contribution is 2.37. The molecule has 0 aromatic heterocycles. The van der Waals surface area contributed by atoms with Gasteiger partial charge in [0.05, 0.1) is 31.5 Å². The summed E-state index contributed by atoms with van der Waals surface area (Å²) < 4.78 is 27.6. The molecule has 1 saturated carbocycles. The molecule has 0 unspecified atom stereocenters. The molecule has 14 nitrogen and oxygen atoms in total. The van der Waals surface area contributed by atoms with Crippen LogP contribution in [0.25, 0.3) is 0 Å². The number of nitrogens with zero attached hydrogens (tertiary/aromatic N) is 1. The second-order valence-electron chi connectivity index (χ2n) is 19.2. The summed E-state index contributed by atoms with van der Waals surface area (Å²) >= 11 is 0. The number of esters is 1. The summed E-state index contributed by atoms with van der Waals surface area (Å²) in [4.78, 5) is 67.1.